The van der Waals surface area contributed by atoms with E-state index in [1.54, 1.807) is 37.3 Å². The van der Waals surface area contributed by atoms with E-state index in [0.29, 0.717) is 17.1 Å². The maximum absolute atomic E-state index is 12.5. The highest BCUT2D eigenvalue weighted by atomic mass is 32.2. The normalized spacial score (nSPS) is 11.2. The molecule has 3 rings (SSSR count). The molecule has 3 aromatic rings. The molecule has 0 aliphatic carbocycles. The van der Waals surface area contributed by atoms with Crippen LogP contribution in [-0.4, -0.2) is 29.6 Å². The highest BCUT2D eigenvalue weighted by Gasteiger charge is 2.24. The van der Waals surface area contributed by atoms with Crippen LogP contribution in [0.5, 0.6) is 0 Å². The lowest BCUT2D eigenvalue weighted by Crippen LogP contribution is -2.15. The number of nitrogens with zero attached hydrogens (tertiary/aromatic N) is 3. The summed E-state index contributed by atoms with van der Waals surface area (Å²) in [6.45, 7) is 4.54. The van der Waals surface area contributed by atoms with Gasteiger partial charge < -0.3 is 9.84 Å². The molecule has 27 heavy (non-hydrogen) atoms. The van der Waals surface area contributed by atoms with Crippen molar-refractivity contribution in [2.45, 2.75) is 25.7 Å². The lowest BCUT2D eigenvalue weighted by atomic mass is 10.1. The highest BCUT2D eigenvalue weighted by Crippen LogP contribution is 2.22. The van der Waals surface area contributed by atoms with Crippen LogP contribution in [0.4, 0.5) is 17.3 Å². The molecular formula is C17H17N5O4S. The zero-order valence-corrected chi connectivity index (χ0v) is 15.7. The number of nitrogens with one attached hydrogen (secondary N) is 2. The number of aromatic nitrogens is 3. The molecule has 0 amide bonds. The summed E-state index contributed by atoms with van der Waals surface area (Å²) in [5, 5.41) is 14.5. The average molecular weight is 387 g/mol. The minimum Gasteiger partial charge on any atom is -0.360 e. The van der Waals surface area contributed by atoms with Crippen molar-refractivity contribution in [2.75, 3.05) is 10.0 Å². The van der Waals surface area contributed by atoms with Gasteiger partial charge in [-0.2, -0.15) is 0 Å². The zero-order chi connectivity index (χ0) is 19.6. The number of carbonyl (C=O) groups is 1. The molecule has 2 heterocycles. The Morgan fingerprint density at radius 1 is 1.07 bits per heavy atom. The van der Waals surface area contributed by atoms with Crippen LogP contribution in [0.1, 0.15) is 28.7 Å². The van der Waals surface area contributed by atoms with Crippen molar-refractivity contribution in [1.82, 2.24) is 15.4 Å². The van der Waals surface area contributed by atoms with Gasteiger partial charge in [0.2, 0.25) is 0 Å². The van der Waals surface area contributed by atoms with Crippen LogP contribution in [0.3, 0.4) is 0 Å². The number of sulfonamides is 1. The van der Waals surface area contributed by atoms with Gasteiger partial charge in [0.1, 0.15) is 5.69 Å². The number of anilines is 3. The Bertz CT molecular complexity index is 1070. The van der Waals surface area contributed by atoms with E-state index < -0.39 is 10.0 Å². The Balaban J connectivity index is 1.76. The second-order valence-corrected chi connectivity index (χ2v) is 7.44. The van der Waals surface area contributed by atoms with E-state index in [4.69, 9.17) is 4.52 Å². The van der Waals surface area contributed by atoms with E-state index in [2.05, 4.69) is 25.4 Å². The molecule has 0 unspecified atom stereocenters. The summed E-state index contributed by atoms with van der Waals surface area (Å²) in [6.07, 6.45) is 0. The summed E-state index contributed by atoms with van der Waals surface area (Å²) in [5.74, 6) is 0.597. The third-order valence-corrected chi connectivity index (χ3v) is 5.28. The fourth-order valence-corrected chi connectivity index (χ4v) is 3.79. The van der Waals surface area contributed by atoms with Gasteiger partial charge in [-0.05, 0) is 45.0 Å². The molecule has 2 aromatic heterocycles. The van der Waals surface area contributed by atoms with Crippen LogP contribution in [-0.2, 0) is 10.0 Å². The van der Waals surface area contributed by atoms with Crippen molar-refractivity contribution in [3.05, 3.63) is 53.4 Å². The molecule has 9 nitrogen and oxygen atoms in total. The van der Waals surface area contributed by atoms with Crippen molar-refractivity contribution < 1.29 is 17.7 Å². The maximum Gasteiger partial charge on any atom is 0.268 e. The van der Waals surface area contributed by atoms with E-state index in [9.17, 15) is 13.2 Å². The van der Waals surface area contributed by atoms with Gasteiger partial charge in [0.25, 0.3) is 10.0 Å². The lowest BCUT2D eigenvalue weighted by Gasteiger charge is -2.08. The highest BCUT2D eigenvalue weighted by molar-refractivity contribution is 7.92. The molecule has 10 heteroatoms. The number of hydrogen-bond acceptors (Lipinski definition) is 8. The summed E-state index contributed by atoms with van der Waals surface area (Å²) in [6, 6.07) is 9.98. The van der Waals surface area contributed by atoms with Crippen LogP contribution in [0, 0.1) is 13.8 Å². The molecule has 0 fully saturated rings. The first kappa shape index (κ1) is 18.5. The maximum atomic E-state index is 12.5. The second-order valence-electron chi connectivity index (χ2n) is 5.82. The predicted octanol–water partition coefficient (Wildman–Crippen LogP) is 2.83. The molecule has 0 radical (unpaired) electrons. The second kappa shape index (κ2) is 7.16. The molecular weight excluding hydrogens is 370 g/mol. The van der Waals surface area contributed by atoms with Gasteiger partial charge in [-0.3, -0.25) is 9.52 Å². The van der Waals surface area contributed by atoms with Gasteiger partial charge in [-0.1, -0.05) is 17.3 Å². The lowest BCUT2D eigenvalue weighted by molar-refractivity contribution is 0.101. The SMILES string of the molecule is CC(=O)c1cccc(Nc2ccc(NS(=O)(=O)c3c(C)noc3C)nn2)c1. The molecule has 0 spiro atoms. The summed E-state index contributed by atoms with van der Waals surface area (Å²) >= 11 is 0. The van der Waals surface area contributed by atoms with Crippen LogP contribution in [0.15, 0.2) is 45.8 Å². The third kappa shape index (κ3) is 4.11. The number of benzene rings is 1. The van der Waals surface area contributed by atoms with E-state index in [1.807, 2.05) is 0 Å². The number of aryl methyl sites for hydroxylation is 2. The summed E-state index contributed by atoms with van der Waals surface area (Å²) in [7, 11) is -3.88. The fourth-order valence-electron chi connectivity index (χ4n) is 2.46. The van der Waals surface area contributed by atoms with Crippen molar-refractivity contribution in [2.24, 2.45) is 0 Å². The van der Waals surface area contributed by atoms with Crippen molar-refractivity contribution in [3.63, 3.8) is 0 Å². The van der Waals surface area contributed by atoms with Gasteiger partial charge in [0.15, 0.2) is 28.1 Å². The van der Waals surface area contributed by atoms with Gasteiger partial charge >= 0.3 is 0 Å². The van der Waals surface area contributed by atoms with Gasteiger partial charge in [-0.15, -0.1) is 10.2 Å². The molecule has 140 valence electrons. The minimum atomic E-state index is -3.88. The largest absolute Gasteiger partial charge is 0.360 e. The van der Waals surface area contributed by atoms with Crippen molar-refractivity contribution in [3.8, 4) is 0 Å². The minimum absolute atomic E-state index is 0.0208. The number of carbonyl (C=O) groups excluding carboxylic acids is 1. The molecule has 0 saturated carbocycles. The standard InChI is InChI=1S/C17H17N5O4S/c1-10-17(12(3)26-21-10)27(24,25)22-16-8-7-15(19-20-16)18-14-6-4-5-13(9-14)11(2)23/h4-9H,1-3H3,(H,18,19)(H,20,22). The van der Waals surface area contributed by atoms with Crippen LogP contribution < -0.4 is 10.0 Å². The van der Waals surface area contributed by atoms with E-state index >= 15 is 0 Å². The smallest absolute Gasteiger partial charge is 0.268 e. The average Bonchev–Trinajstić information content (AvgIpc) is 2.96. The Morgan fingerprint density at radius 2 is 1.78 bits per heavy atom. The number of rotatable bonds is 6. The number of ketones is 1. The Morgan fingerprint density at radius 3 is 2.37 bits per heavy atom. The molecule has 0 saturated heterocycles. The van der Waals surface area contributed by atoms with Gasteiger partial charge in [-0.25, -0.2) is 8.42 Å². The molecule has 0 aliphatic rings. The van der Waals surface area contributed by atoms with Gasteiger partial charge in [0, 0.05) is 11.3 Å². The number of Topliss-reactive ketones (excluding diaryl/α,β-unsaturated/α-hetero) is 1. The van der Waals surface area contributed by atoms with E-state index in [0.717, 1.165) is 0 Å². The summed E-state index contributed by atoms with van der Waals surface area (Å²) in [5.41, 5.74) is 1.49. The van der Waals surface area contributed by atoms with E-state index in [1.165, 1.54) is 19.9 Å². The monoisotopic (exact) mass is 387 g/mol. The van der Waals surface area contributed by atoms with Crippen LogP contribution in [0.2, 0.25) is 0 Å². The Hall–Kier alpha value is -3.27. The molecule has 0 atom stereocenters. The zero-order valence-electron chi connectivity index (χ0n) is 14.8. The van der Waals surface area contributed by atoms with Gasteiger partial charge in [0.05, 0.1) is 0 Å². The number of hydrogen-bond donors (Lipinski definition) is 2. The quantitative estimate of drug-likeness (QED) is 0.618. The molecule has 1 aromatic carbocycles. The fraction of sp³-hybridized carbons (Fsp3) is 0.176. The summed E-state index contributed by atoms with van der Waals surface area (Å²) in [4.78, 5) is 11.4. The molecule has 2 N–H and O–H groups in total. The van der Waals surface area contributed by atoms with Crippen LogP contribution >= 0.6 is 0 Å². The Kier molecular flexibility index (Phi) is 4.91. The predicted molar refractivity (Wildman–Crippen MR) is 98.5 cm³/mol. The van der Waals surface area contributed by atoms with Crippen molar-refractivity contribution in [1.29, 1.82) is 0 Å². The first-order chi connectivity index (χ1) is 12.8. The first-order valence-electron chi connectivity index (χ1n) is 7.94. The Labute approximate surface area is 155 Å². The topological polar surface area (TPSA) is 127 Å². The molecule has 0 bridgehead atoms. The van der Waals surface area contributed by atoms with Crippen molar-refractivity contribution >= 4 is 33.1 Å². The third-order valence-electron chi connectivity index (χ3n) is 3.68. The molecule has 0 aliphatic heterocycles. The van der Waals surface area contributed by atoms with Crippen LogP contribution in [0.25, 0.3) is 0 Å². The first-order valence-corrected chi connectivity index (χ1v) is 9.42. The van der Waals surface area contributed by atoms with E-state index in [-0.39, 0.29) is 28.0 Å². The summed E-state index contributed by atoms with van der Waals surface area (Å²) < 4.78 is 32.1.